The molecule has 4 heteroatoms. The average Bonchev–Trinajstić information content (AvgIpc) is 0.811. The SMILES string of the molecule is O=[PH](O)O.[C]. The fourth-order valence-corrected chi connectivity index (χ4v) is 0. The lowest BCUT2D eigenvalue weighted by atomic mass is 12.0. The molecule has 0 amide bonds. The molecule has 0 rings (SSSR count). The molecule has 0 fully saturated rings. The Morgan fingerprint density at radius 3 is 1.40 bits per heavy atom. The monoisotopic (exact) mass is 94.0 g/mol. The Kier molecular flexibility index (Phi) is 7.42. The lowest BCUT2D eigenvalue weighted by Crippen LogP contribution is -1.38. The predicted octanol–water partition coefficient (Wildman–Crippen LogP) is -0.558. The summed E-state index contributed by atoms with van der Waals surface area (Å²) < 4.78 is 8.74. The van der Waals surface area contributed by atoms with Crippen LogP contribution in [-0.4, -0.2) is 9.79 Å². The van der Waals surface area contributed by atoms with Crippen LogP contribution in [0.5, 0.6) is 0 Å². The van der Waals surface area contributed by atoms with Gasteiger partial charge in [0.15, 0.2) is 0 Å². The molecular formula is CH3O3P. The number of hydrogen-bond acceptors (Lipinski definition) is 1. The Balaban J connectivity index is 0. The molecule has 0 aromatic carbocycles. The van der Waals surface area contributed by atoms with Gasteiger partial charge in [0.2, 0.25) is 0 Å². The third kappa shape index (κ3) is 853. The van der Waals surface area contributed by atoms with E-state index in [9.17, 15) is 0 Å². The van der Waals surface area contributed by atoms with Crippen molar-refractivity contribution in [3.05, 3.63) is 7.43 Å². The predicted molar refractivity (Wildman–Crippen MR) is 16.7 cm³/mol. The van der Waals surface area contributed by atoms with Crippen LogP contribution in [0.15, 0.2) is 0 Å². The summed E-state index contributed by atoms with van der Waals surface area (Å²) in [4.78, 5) is 14.3. The maximum Gasteiger partial charge on any atom is 0.314 e. The van der Waals surface area contributed by atoms with Crippen molar-refractivity contribution in [2.75, 3.05) is 0 Å². The molecule has 0 aromatic heterocycles. The van der Waals surface area contributed by atoms with E-state index in [1.807, 2.05) is 0 Å². The summed E-state index contributed by atoms with van der Waals surface area (Å²) in [6.45, 7) is 0. The van der Waals surface area contributed by atoms with Crippen LogP contribution in [0.4, 0.5) is 0 Å². The van der Waals surface area contributed by atoms with Crippen molar-refractivity contribution in [2.24, 2.45) is 0 Å². The van der Waals surface area contributed by atoms with Crippen LogP contribution >= 0.6 is 8.25 Å². The first-order valence-electron chi connectivity index (χ1n) is 0.651. The Morgan fingerprint density at radius 2 is 1.40 bits per heavy atom. The van der Waals surface area contributed by atoms with Gasteiger partial charge in [-0.1, -0.05) is 0 Å². The molecule has 0 atom stereocenters. The zero-order valence-electron chi connectivity index (χ0n) is 2.30. The molecule has 0 bridgehead atoms. The van der Waals surface area contributed by atoms with Crippen LogP contribution in [0.1, 0.15) is 0 Å². The summed E-state index contributed by atoms with van der Waals surface area (Å²) in [7, 11) is -3.13. The minimum absolute atomic E-state index is 0. The molecule has 0 aliphatic carbocycles. The van der Waals surface area contributed by atoms with Crippen LogP contribution < -0.4 is 0 Å². The van der Waals surface area contributed by atoms with Gasteiger partial charge >= 0.3 is 8.25 Å². The summed E-state index contributed by atoms with van der Waals surface area (Å²) in [5.74, 6) is 0. The number of rotatable bonds is 0. The molecule has 30 valence electrons. The van der Waals surface area contributed by atoms with Gasteiger partial charge in [-0.15, -0.1) is 0 Å². The highest BCUT2D eigenvalue weighted by molar-refractivity contribution is 7.30. The maximum atomic E-state index is 8.74. The smallest absolute Gasteiger partial charge is 0.314 e. The highest BCUT2D eigenvalue weighted by atomic mass is 31.1. The van der Waals surface area contributed by atoms with Crippen molar-refractivity contribution in [1.29, 1.82) is 0 Å². The van der Waals surface area contributed by atoms with Crippen molar-refractivity contribution in [1.82, 2.24) is 0 Å². The molecular weight excluding hydrogens is 91.0 g/mol. The van der Waals surface area contributed by atoms with E-state index in [1.54, 1.807) is 0 Å². The first kappa shape index (κ1) is 8.94. The summed E-state index contributed by atoms with van der Waals surface area (Å²) in [5.41, 5.74) is 0. The standard InChI is InChI=1S/C.H3O3P/c;1-4(2)3/h;4H,(H2,1,2,3). The van der Waals surface area contributed by atoms with Gasteiger partial charge in [-0.25, -0.2) is 0 Å². The van der Waals surface area contributed by atoms with E-state index < -0.39 is 8.25 Å². The Morgan fingerprint density at radius 1 is 1.40 bits per heavy atom. The van der Waals surface area contributed by atoms with Crippen molar-refractivity contribution in [2.45, 2.75) is 0 Å². The van der Waals surface area contributed by atoms with Gasteiger partial charge in [0.1, 0.15) is 0 Å². The third-order valence-corrected chi connectivity index (χ3v) is 0. The summed E-state index contributed by atoms with van der Waals surface area (Å²) >= 11 is 0. The van der Waals surface area contributed by atoms with Crippen LogP contribution in [0.25, 0.3) is 0 Å². The Hall–Kier alpha value is 0.150. The van der Waals surface area contributed by atoms with E-state index in [-0.39, 0.29) is 7.43 Å². The van der Waals surface area contributed by atoms with Gasteiger partial charge in [0, 0.05) is 7.43 Å². The third-order valence-electron chi connectivity index (χ3n) is 0. The van der Waals surface area contributed by atoms with Gasteiger partial charge in [0.25, 0.3) is 0 Å². The lowest BCUT2D eigenvalue weighted by Gasteiger charge is -1.61. The zero-order valence-corrected chi connectivity index (χ0v) is 3.30. The zero-order chi connectivity index (χ0) is 3.58. The van der Waals surface area contributed by atoms with Gasteiger partial charge in [0.05, 0.1) is 0 Å². The summed E-state index contributed by atoms with van der Waals surface area (Å²) in [6.07, 6.45) is 0. The van der Waals surface area contributed by atoms with Crippen molar-refractivity contribution < 1.29 is 14.4 Å². The van der Waals surface area contributed by atoms with Gasteiger partial charge in [-0.05, 0) is 0 Å². The van der Waals surface area contributed by atoms with E-state index in [0.717, 1.165) is 0 Å². The number of hydrogen-bond donors (Lipinski definition) is 2. The van der Waals surface area contributed by atoms with Gasteiger partial charge < -0.3 is 9.79 Å². The molecule has 0 unspecified atom stereocenters. The van der Waals surface area contributed by atoms with Crippen LogP contribution in [0.2, 0.25) is 0 Å². The second kappa shape index (κ2) is 4.15. The molecule has 0 heterocycles. The average molecular weight is 94.0 g/mol. The molecule has 4 radical (unpaired) electrons. The van der Waals surface area contributed by atoms with Crippen molar-refractivity contribution in [3.8, 4) is 0 Å². The first-order valence-corrected chi connectivity index (χ1v) is 1.95. The summed E-state index contributed by atoms with van der Waals surface area (Å²) in [5, 5.41) is 0. The quantitative estimate of drug-likeness (QED) is 0.395. The van der Waals surface area contributed by atoms with E-state index in [1.165, 1.54) is 0 Å². The van der Waals surface area contributed by atoms with Crippen LogP contribution in [0.3, 0.4) is 0 Å². The lowest BCUT2D eigenvalue weighted by molar-refractivity contribution is 0.405. The molecule has 0 aliphatic rings. The highest BCUT2D eigenvalue weighted by Crippen LogP contribution is 1.98. The van der Waals surface area contributed by atoms with Crippen molar-refractivity contribution in [3.63, 3.8) is 0 Å². The van der Waals surface area contributed by atoms with E-state index in [0.29, 0.717) is 0 Å². The maximum absolute atomic E-state index is 8.74. The second-order valence-electron chi connectivity index (χ2n) is 0.283. The fraction of sp³-hybridized carbons (Fsp3) is 0. The first-order chi connectivity index (χ1) is 1.73. The normalized spacial score (nSPS) is 7.00. The minimum Gasteiger partial charge on any atom is -0.326 e. The second-order valence-corrected chi connectivity index (χ2v) is 0.848. The fourth-order valence-electron chi connectivity index (χ4n) is 0. The van der Waals surface area contributed by atoms with E-state index >= 15 is 0 Å². The Labute approximate surface area is 31.2 Å². The molecule has 0 spiro atoms. The molecule has 0 aliphatic heterocycles. The van der Waals surface area contributed by atoms with Crippen LogP contribution in [-0.2, 0) is 4.57 Å². The van der Waals surface area contributed by atoms with Gasteiger partial charge in [-0.3, -0.25) is 4.57 Å². The van der Waals surface area contributed by atoms with Gasteiger partial charge in [-0.2, -0.15) is 0 Å². The molecule has 0 aromatic rings. The largest absolute Gasteiger partial charge is 0.326 e. The molecule has 2 N–H and O–H groups in total. The van der Waals surface area contributed by atoms with Crippen LogP contribution in [0, 0.1) is 7.43 Å². The highest BCUT2D eigenvalue weighted by Gasteiger charge is 1.61. The van der Waals surface area contributed by atoms with E-state index in [2.05, 4.69) is 0 Å². The molecule has 5 heavy (non-hydrogen) atoms. The molecule has 0 saturated carbocycles. The molecule has 3 nitrogen and oxygen atoms in total. The summed E-state index contributed by atoms with van der Waals surface area (Å²) in [6, 6.07) is 0. The van der Waals surface area contributed by atoms with E-state index in [4.69, 9.17) is 14.4 Å². The topological polar surface area (TPSA) is 57.5 Å². The minimum atomic E-state index is -3.13. The Bertz CT molecular complexity index is 29.9. The molecule has 0 saturated heterocycles. The van der Waals surface area contributed by atoms with Crippen molar-refractivity contribution >= 4 is 8.25 Å².